The number of halogens is 1. The molecular formula is C18H19FN2OS. The number of hydrogen-bond acceptors (Lipinski definition) is 3. The molecule has 1 atom stereocenters. The average molecular weight is 330 g/mol. The first-order valence-corrected chi connectivity index (χ1v) is 8.60. The van der Waals surface area contributed by atoms with E-state index in [0.717, 1.165) is 29.8 Å². The van der Waals surface area contributed by atoms with Crippen molar-refractivity contribution in [1.82, 2.24) is 10.3 Å². The fourth-order valence-corrected chi connectivity index (χ4v) is 3.71. The van der Waals surface area contributed by atoms with Gasteiger partial charge in [-0.25, -0.2) is 9.37 Å². The molecule has 0 bridgehead atoms. The van der Waals surface area contributed by atoms with Crippen molar-refractivity contribution in [2.75, 3.05) is 0 Å². The molecule has 0 radical (unpaired) electrons. The average Bonchev–Trinajstić information content (AvgIpc) is 2.94. The van der Waals surface area contributed by atoms with Crippen molar-refractivity contribution in [2.24, 2.45) is 5.92 Å². The molecule has 0 fully saturated rings. The van der Waals surface area contributed by atoms with E-state index in [0.29, 0.717) is 17.1 Å². The summed E-state index contributed by atoms with van der Waals surface area (Å²) < 4.78 is 13.9. The van der Waals surface area contributed by atoms with Crippen molar-refractivity contribution in [3.05, 3.63) is 52.8 Å². The first-order chi connectivity index (χ1) is 11.1. The van der Waals surface area contributed by atoms with Crippen LogP contribution in [0.2, 0.25) is 0 Å². The summed E-state index contributed by atoms with van der Waals surface area (Å²) in [5, 5.41) is 3.65. The molecular weight excluding hydrogens is 311 g/mol. The highest BCUT2D eigenvalue weighted by Crippen LogP contribution is 2.29. The molecule has 0 saturated carbocycles. The number of carbonyl (C=O) groups excluding carboxylic acids is 1. The van der Waals surface area contributed by atoms with Crippen molar-refractivity contribution in [1.29, 1.82) is 0 Å². The lowest BCUT2D eigenvalue weighted by atomic mass is 9.94. The first kappa shape index (κ1) is 15.9. The van der Waals surface area contributed by atoms with Crippen molar-refractivity contribution in [3.63, 3.8) is 0 Å². The molecule has 0 spiro atoms. The van der Waals surface area contributed by atoms with Crippen LogP contribution >= 0.6 is 11.3 Å². The number of hydrogen-bond donors (Lipinski definition) is 1. The minimum absolute atomic E-state index is 0.0688. The van der Waals surface area contributed by atoms with Gasteiger partial charge in [0.1, 0.15) is 10.8 Å². The van der Waals surface area contributed by atoms with Gasteiger partial charge in [0, 0.05) is 16.4 Å². The van der Waals surface area contributed by atoms with Crippen molar-refractivity contribution < 1.29 is 9.18 Å². The number of thiazole rings is 1. The molecule has 3 rings (SSSR count). The molecule has 1 aromatic carbocycles. The molecule has 120 valence electrons. The van der Waals surface area contributed by atoms with Gasteiger partial charge in [0.05, 0.1) is 12.2 Å². The lowest BCUT2D eigenvalue weighted by Gasteiger charge is -2.16. The van der Waals surface area contributed by atoms with E-state index in [1.807, 2.05) is 6.92 Å². The lowest BCUT2D eigenvalue weighted by Crippen LogP contribution is -2.30. The van der Waals surface area contributed by atoms with Crippen molar-refractivity contribution in [2.45, 2.75) is 32.7 Å². The molecule has 0 saturated heterocycles. The summed E-state index contributed by atoms with van der Waals surface area (Å²) in [5.74, 6) is -0.111. The number of rotatable bonds is 4. The van der Waals surface area contributed by atoms with Crippen molar-refractivity contribution in [3.8, 4) is 10.6 Å². The summed E-state index contributed by atoms with van der Waals surface area (Å²) in [5.41, 5.74) is 1.35. The maximum atomic E-state index is 13.9. The minimum Gasteiger partial charge on any atom is -0.351 e. The Morgan fingerprint density at radius 3 is 2.96 bits per heavy atom. The highest BCUT2D eigenvalue weighted by atomic mass is 32.1. The number of aryl methyl sites for hydroxylation is 1. The standard InChI is InChI=1S/C18H19FN2OS/c1-12-16(11-20-17(22)13-7-3-2-4-8-13)23-18(21-12)14-9-5-6-10-15(14)19/h2-3,5-6,9-10,13H,4,7-8,11H2,1H3,(H,20,22)/t13-/m0/s1. The molecule has 1 heterocycles. The van der Waals surface area contributed by atoms with Gasteiger partial charge in [0.15, 0.2) is 0 Å². The Hall–Kier alpha value is -2.01. The van der Waals surface area contributed by atoms with Gasteiger partial charge in [0.2, 0.25) is 5.91 Å². The van der Waals surface area contributed by atoms with E-state index in [1.165, 1.54) is 17.4 Å². The number of nitrogens with zero attached hydrogens (tertiary/aromatic N) is 1. The van der Waals surface area contributed by atoms with Gasteiger partial charge >= 0.3 is 0 Å². The summed E-state index contributed by atoms with van der Waals surface area (Å²) >= 11 is 1.44. The molecule has 2 aromatic rings. The first-order valence-electron chi connectivity index (χ1n) is 7.79. The quantitative estimate of drug-likeness (QED) is 0.853. The Labute approximate surface area is 139 Å². The molecule has 0 aliphatic heterocycles. The molecule has 1 aliphatic rings. The van der Waals surface area contributed by atoms with Crippen LogP contribution in [0.3, 0.4) is 0 Å². The fourth-order valence-electron chi connectivity index (χ4n) is 2.69. The monoisotopic (exact) mass is 330 g/mol. The van der Waals surface area contributed by atoms with Crippen LogP contribution in [0.15, 0.2) is 36.4 Å². The number of benzene rings is 1. The third kappa shape index (κ3) is 3.67. The van der Waals surface area contributed by atoms with Gasteiger partial charge in [0.25, 0.3) is 0 Å². The predicted molar refractivity (Wildman–Crippen MR) is 90.6 cm³/mol. The minimum atomic E-state index is -0.272. The number of aromatic nitrogens is 1. The van der Waals surface area contributed by atoms with Crippen LogP contribution in [0, 0.1) is 18.7 Å². The Morgan fingerprint density at radius 1 is 1.39 bits per heavy atom. The van der Waals surface area contributed by atoms with Gasteiger partial charge in [-0.3, -0.25) is 4.79 Å². The molecule has 1 aromatic heterocycles. The zero-order valence-corrected chi connectivity index (χ0v) is 13.8. The Kier molecular flexibility index (Phi) is 4.86. The number of carbonyl (C=O) groups is 1. The normalized spacial score (nSPS) is 17.2. The largest absolute Gasteiger partial charge is 0.351 e. The second-order valence-corrected chi connectivity index (χ2v) is 6.79. The predicted octanol–water partition coefficient (Wildman–Crippen LogP) is 4.23. The Bertz CT molecular complexity index is 738. The zero-order chi connectivity index (χ0) is 16.2. The molecule has 5 heteroatoms. The Balaban J connectivity index is 1.68. The van der Waals surface area contributed by atoms with Crippen LogP contribution in [0.25, 0.3) is 10.6 Å². The topological polar surface area (TPSA) is 42.0 Å². The highest BCUT2D eigenvalue weighted by Gasteiger charge is 2.19. The van der Waals surface area contributed by atoms with Gasteiger partial charge < -0.3 is 5.32 Å². The molecule has 3 nitrogen and oxygen atoms in total. The van der Waals surface area contributed by atoms with Crippen LogP contribution in [0.5, 0.6) is 0 Å². The lowest BCUT2D eigenvalue weighted by molar-refractivity contribution is -0.125. The molecule has 0 unspecified atom stereocenters. The molecule has 23 heavy (non-hydrogen) atoms. The van der Waals surface area contributed by atoms with E-state index in [2.05, 4.69) is 22.5 Å². The summed E-state index contributed by atoms with van der Waals surface area (Å²) in [6, 6.07) is 6.63. The maximum Gasteiger partial charge on any atom is 0.223 e. The fraction of sp³-hybridized carbons (Fsp3) is 0.333. The number of allylic oxidation sites excluding steroid dienone is 2. The third-order valence-corrected chi connectivity index (χ3v) is 5.25. The molecule has 1 amide bonds. The van der Waals surface area contributed by atoms with E-state index < -0.39 is 0 Å². The summed E-state index contributed by atoms with van der Waals surface area (Å²) in [4.78, 5) is 17.6. The van der Waals surface area contributed by atoms with E-state index in [-0.39, 0.29) is 17.6 Å². The van der Waals surface area contributed by atoms with Gasteiger partial charge in [-0.15, -0.1) is 11.3 Å². The summed E-state index contributed by atoms with van der Waals surface area (Å²) in [7, 11) is 0. The van der Waals surface area contributed by atoms with E-state index >= 15 is 0 Å². The second-order valence-electron chi connectivity index (χ2n) is 5.71. The van der Waals surface area contributed by atoms with Gasteiger partial charge in [-0.1, -0.05) is 24.3 Å². The van der Waals surface area contributed by atoms with E-state index in [4.69, 9.17) is 0 Å². The van der Waals surface area contributed by atoms with E-state index in [1.54, 1.807) is 18.2 Å². The van der Waals surface area contributed by atoms with E-state index in [9.17, 15) is 9.18 Å². The van der Waals surface area contributed by atoms with Gasteiger partial charge in [-0.2, -0.15) is 0 Å². The van der Waals surface area contributed by atoms with Crippen LogP contribution in [0.4, 0.5) is 4.39 Å². The number of amides is 1. The molecule has 1 aliphatic carbocycles. The zero-order valence-electron chi connectivity index (χ0n) is 13.0. The molecule has 1 N–H and O–H groups in total. The van der Waals surface area contributed by atoms with Crippen LogP contribution < -0.4 is 5.32 Å². The second kappa shape index (κ2) is 7.04. The van der Waals surface area contributed by atoms with Crippen LogP contribution in [-0.4, -0.2) is 10.9 Å². The van der Waals surface area contributed by atoms with Crippen molar-refractivity contribution >= 4 is 17.2 Å². The summed E-state index contributed by atoms with van der Waals surface area (Å²) in [6.07, 6.45) is 6.88. The Morgan fingerprint density at radius 2 is 2.22 bits per heavy atom. The summed E-state index contributed by atoms with van der Waals surface area (Å²) in [6.45, 7) is 2.35. The number of nitrogens with one attached hydrogen (secondary N) is 1. The SMILES string of the molecule is Cc1nc(-c2ccccc2F)sc1CNC(=O)[C@H]1CC=CCC1. The third-order valence-electron chi connectivity index (χ3n) is 4.06. The van der Waals surface area contributed by atoms with Crippen LogP contribution in [-0.2, 0) is 11.3 Å². The highest BCUT2D eigenvalue weighted by molar-refractivity contribution is 7.15. The maximum absolute atomic E-state index is 13.9. The van der Waals surface area contributed by atoms with Crippen LogP contribution in [0.1, 0.15) is 29.8 Å². The van der Waals surface area contributed by atoms with Gasteiger partial charge in [-0.05, 0) is 38.3 Å². The smallest absolute Gasteiger partial charge is 0.223 e.